The lowest BCUT2D eigenvalue weighted by Gasteiger charge is -2.30. The van der Waals surface area contributed by atoms with Crippen LogP contribution < -0.4 is 5.48 Å². The van der Waals surface area contributed by atoms with Gasteiger partial charge in [0.1, 0.15) is 0 Å². The minimum absolute atomic E-state index is 0.0404. The van der Waals surface area contributed by atoms with Crippen LogP contribution in [0, 0.1) is 6.92 Å². The number of benzene rings is 2. The van der Waals surface area contributed by atoms with Gasteiger partial charge in [0.15, 0.2) is 0 Å². The number of alkyl halides is 3. The highest BCUT2D eigenvalue weighted by Crippen LogP contribution is 2.49. The van der Waals surface area contributed by atoms with Gasteiger partial charge in [-0.05, 0) is 66.1 Å². The third kappa shape index (κ3) is 3.62. The van der Waals surface area contributed by atoms with Crippen molar-refractivity contribution in [3.05, 3.63) is 74.8 Å². The molecule has 0 radical (unpaired) electrons. The van der Waals surface area contributed by atoms with Crippen LogP contribution in [-0.2, 0) is 10.4 Å². The molecule has 2 aromatic carbocycles. The Hall–Kier alpha value is -1.86. The number of hydrogen-bond acceptors (Lipinski definition) is 3. The van der Waals surface area contributed by atoms with Crippen molar-refractivity contribution in [2.75, 3.05) is 0 Å². The Morgan fingerprint density at radius 2 is 1.81 bits per heavy atom. The van der Waals surface area contributed by atoms with Crippen LogP contribution in [0.25, 0.3) is 5.70 Å². The summed E-state index contributed by atoms with van der Waals surface area (Å²) in [6.07, 6.45) is 1.12. The highest BCUT2D eigenvalue weighted by atomic mass is 35.5. The zero-order chi connectivity index (χ0) is 20.0. The first kappa shape index (κ1) is 19.9. The summed E-state index contributed by atoms with van der Waals surface area (Å²) >= 11 is 17.3. The summed E-state index contributed by atoms with van der Waals surface area (Å²) in [5.74, 6) is -1.08. The summed E-state index contributed by atoms with van der Waals surface area (Å²) < 4.78 is 28.7. The van der Waals surface area contributed by atoms with E-state index in [-0.39, 0.29) is 26.9 Å². The number of nitrogens with one attached hydrogen (secondary N) is 1. The smallest absolute Gasteiger partial charge is 0.360 e. The van der Waals surface area contributed by atoms with Crippen molar-refractivity contribution >= 4 is 46.5 Å². The van der Waals surface area contributed by atoms with Gasteiger partial charge < -0.3 is 5.11 Å². The Bertz CT molecular complexity index is 939. The van der Waals surface area contributed by atoms with Crippen LogP contribution in [0.2, 0.25) is 10.0 Å². The summed E-state index contributed by atoms with van der Waals surface area (Å²) in [5, 5.41) is 5.56. The first-order valence-electron chi connectivity index (χ1n) is 7.58. The normalized spacial score (nSPS) is 19.6. The highest BCUT2D eigenvalue weighted by Gasteiger charge is 2.57. The van der Waals surface area contributed by atoms with Crippen LogP contribution >= 0.6 is 34.8 Å². The number of rotatable bonds is 4. The molecule has 2 N–H and O–H groups in total. The van der Waals surface area contributed by atoms with Crippen LogP contribution in [0.15, 0.2) is 42.5 Å². The molecule has 4 nitrogen and oxygen atoms in total. The minimum atomic E-state index is -3.84. The number of aryl methyl sites for hydroxylation is 1. The van der Waals surface area contributed by atoms with E-state index in [4.69, 9.17) is 44.7 Å². The molecule has 2 aromatic rings. The second kappa shape index (κ2) is 6.95. The molecule has 0 aliphatic carbocycles. The van der Waals surface area contributed by atoms with Crippen molar-refractivity contribution in [3.63, 3.8) is 0 Å². The lowest BCUT2D eigenvalue weighted by Crippen LogP contribution is -2.41. The van der Waals surface area contributed by atoms with Gasteiger partial charge in [-0.2, -0.15) is 8.78 Å². The first-order chi connectivity index (χ1) is 12.5. The average molecular weight is 435 g/mol. The summed E-state index contributed by atoms with van der Waals surface area (Å²) in [6.45, 7) is 1.60. The second-order valence-corrected chi connectivity index (χ2v) is 7.34. The van der Waals surface area contributed by atoms with E-state index in [2.05, 4.69) is 5.48 Å². The summed E-state index contributed by atoms with van der Waals surface area (Å²) in [7, 11) is 0. The summed E-state index contributed by atoms with van der Waals surface area (Å²) in [4.78, 5) is 16.4. The second-order valence-electron chi connectivity index (χ2n) is 5.99. The molecular weight excluding hydrogens is 423 g/mol. The standard InChI is InChI=1S/C18H12Cl3F2NO3/c1-9-4-10(2-3-14(9)16(25)26)15-8-17(27-24-15,18(21,22)23)11-5-12(19)7-13(20)6-11/h2-8,24H,1H3,(H,25,26). The van der Waals surface area contributed by atoms with E-state index in [0.717, 1.165) is 6.08 Å². The van der Waals surface area contributed by atoms with Gasteiger partial charge in [-0.25, -0.2) is 4.79 Å². The molecule has 9 heteroatoms. The Kier molecular flexibility index (Phi) is 5.12. The molecule has 0 amide bonds. The van der Waals surface area contributed by atoms with Gasteiger partial charge in [0.05, 0.1) is 11.3 Å². The SMILES string of the molecule is Cc1cc(C2=CC(c3cc(Cl)cc(Cl)c3)(C(F)(F)Cl)ON2)ccc1C(=O)O. The molecule has 0 saturated carbocycles. The number of hydroxylamine groups is 1. The van der Waals surface area contributed by atoms with E-state index >= 15 is 0 Å². The third-order valence-corrected chi connectivity index (χ3v) is 4.87. The van der Waals surface area contributed by atoms with Crippen LogP contribution in [0.3, 0.4) is 0 Å². The molecule has 0 bridgehead atoms. The molecule has 3 rings (SSSR count). The maximum Gasteiger partial charge on any atom is 0.360 e. The number of carboxylic acid groups (broad SMARTS) is 1. The van der Waals surface area contributed by atoms with E-state index in [1.54, 1.807) is 13.0 Å². The van der Waals surface area contributed by atoms with Crippen molar-refractivity contribution in [3.8, 4) is 0 Å². The monoisotopic (exact) mass is 433 g/mol. The Morgan fingerprint density at radius 1 is 1.19 bits per heavy atom. The maximum absolute atomic E-state index is 14.4. The van der Waals surface area contributed by atoms with Gasteiger partial charge in [0.25, 0.3) is 0 Å². The van der Waals surface area contributed by atoms with E-state index in [1.165, 1.54) is 30.3 Å². The fourth-order valence-corrected chi connectivity index (χ4v) is 3.55. The Labute approximate surface area is 168 Å². The largest absolute Gasteiger partial charge is 0.478 e. The molecule has 27 heavy (non-hydrogen) atoms. The van der Waals surface area contributed by atoms with E-state index in [1.807, 2.05) is 0 Å². The van der Waals surface area contributed by atoms with E-state index in [0.29, 0.717) is 11.1 Å². The Morgan fingerprint density at radius 3 is 2.33 bits per heavy atom. The predicted octanol–water partition coefficient (Wildman–Crippen LogP) is 5.60. The minimum Gasteiger partial charge on any atom is -0.478 e. The predicted molar refractivity (Wildman–Crippen MR) is 99.3 cm³/mol. The molecule has 0 aromatic heterocycles. The van der Waals surface area contributed by atoms with E-state index in [9.17, 15) is 13.6 Å². The van der Waals surface area contributed by atoms with Crippen molar-refractivity contribution < 1.29 is 23.5 Å². The molecule has 1 unspecified atom stereocenters. The molecule has 0 spiro atoms. The molecule has 1 aliphatic rings. The molecular formula is C18H12Cl3F2NO3. The zero-order valence-corrected chi connectivity index (χ0v) is 16.0. The van der Waals surface area contributed by atoms with Crippen molar-refractivity contribution in [2.45, 2.75) is 17.9 Å². The molecule has 1 aliphatic heterocycles. The molecule has 1 atom stereocenters. The number of halogens is 5. The first-order valence-corrected chi connectivity index (χ1v) is 8.71. The van der Waals surface area contributed by atoms with Crippen molar-refractivity contribution in [1.29, 1.82) is 0 Å². The molecule has 0 fully saturated rings. The van der Waals surface area contributed by atoms with Crippen LogP contribution in [0.4, 0.5) is 8.78 Å². The lowest BCUT2D eigenvalue weighted by atomic mass is 9.92. The van der Waals surface area contributed by atoms with Crippen LogP contribution in [0.1, 0.15) is 27.0 Å². The quantitative estimate of drug-likeness (QED) is 0.615. The van der Waals surface area contributed by atoms with E-state index < -0.39 is 17.0 Å². The van der Waals surface area contributed by atoms with Gasteiger partial charge in [-0.15, -0.1) is 0 Å². The summed E-state index contributed by atoms with van der Waals surface area (Å²) in [6, 6.07) is 8.36. The number of carboxylic acids is 1. The summed E-state index contributed by atoms with van der Waals surface area (Å²) in [5.41, 5.74) is 1.26. The lowest BCUT2D eigenvalue weighted by molar-refractivity contribution is -0.153. The fourth-order valence-electron chi connectivity index (χ4n) is 2.82. The molecule has 142 valence electrons. The van der Waals surface area contributed by atoms with Gasteiger partial charge >= 0.3 is 11.4 Å². The van der Waals surface area contributed by atoms with Crippen LogP contribution in [0.5, 0.6) is 0 Å². The molecule has 1 heterocycles. The van der Waals surface area contributed by atoms with Gasteiger partial charge in [0, 0.05) is 15.6 Å². The Balaban J connectivity index is 2.12. The maximum atomic E-state index is 14.4. The highest BCUT2D eigenvalue weighted by molar-refractivity contribution is 6.34. The number of hydrogen-bond donors (Lipinski definition) is 2. The van der Waals surface area contributed by atoms with Gasteiger partial charge in [-0.3, -0.25) is 10.3 Å². The van der Waals surface area contributed by atoms with Gasteiger partial charge in [0.2, 0.25) is 5.60 Å². The average Bonchev–Trinajstić information content (AvgIpc) is 3.00. The fraction of sp³-hybridized carbons (Fsp3) is 0.167. The number of aromatic carboxylic acids is 1. The van der Waals surface area contributed by atoms with Crippen molar-refractivity contribution in [1.82, 2.24) is 5.48 Å². The molecule has 0 saturated heterocycles. The number of carbonyl (C=O) groups is 1. The topological polar surface area (TPSA) is 58.6 Å². The zero-order valence-electron chi connectivity index (χ0n) is 13.7. The van der Waals surface area contributed by atoms with Crippen LogP contribution in [-0.4, -0.2) is 16.5 Å². The van der Waals surface area contributed by atoms with Gasteiger partial charge in [-0.1, -0.05) is 29.3 Å². The third-order valence-electron chi connectivity index (χ3n) is 4.15. The van der Waals surface area contributed by atoms with Crippen molar-refractivity contribution in [2.24, 2.45) is 0 Å².